The summed E-state index contributed by atoms with van der Waals surface area (Å²) in [7, 11) is 0. The third kappa shape index (κ3) is 25.1. The smallest absolute Gasteiger partial charge is 0.306 e. The maximum Gasteiger partial charge on any atom is 0.306 e. The molecule has 0 spiro atoms. The van der Waals surface area contributed by atoms with Crippen LogP contribution in [0.3, 0.4) is 0 Å². The summed E-state index contributed by atoms with van der Waals surface area (Å²) in [4.78, 5) is 82.6. The third-order valence-corrected chi connectivity index (χ3v) is 15.4. The largest absolute Gasteiger partial charge is 0.481 e. The highest BCUT2D eigenvalue weighted by Crippen LogP contribution is 2.29. The number of rotatable bonds is 8. The Bertz CT molecular complexity index is 1510. The van der Waals surface area contributed by atoms with Crippen LogP contribution in [0.1, 0.15) is 103 Å². The van der Waals surface area contributed by atoms with Crippen LogP contribution in [0.15, 0.2) is 0 Å². The number of carbonyl (C=O) groups is 8. The first-order valence-corrected chi connectivity index (χ1v) is 26.2. The van der Waals surface area contributed by atoms with E-state index in [0.29, 0.717) is 103 Å². The monoisotopic (exact) mass is 1160 g/mol. The number of carboxylic acid groups (broad SMARTS) is 8. The lowest BCUT2D eigenvalue weighted by Gasteiger charge is -2.04. The summed E-state index contributed by atoms with van der Waals surface area (Å²) in [6.07, 6.45) is 0.619. The summed E-state index contributed by atoms with van der Waals surface area (Å²) in [5.41, 5.74) is 43.1. The molecule has 32 heteroatoms. The zero-order valence-electron chi connectivity index (χ0n) is 44.2. The Balaban J connectivity index is 0.000000457. The van der Waals surface area contributed by atoms with Gasteiger partial charge in [-0.15, -0.1) is 0 Å². The van der Waals surface area contributed by atoms with Gasteiger partial charge < -0.3 is 128 Å². The molecule has 0 saturated heterocycles. The highest BCUT2D eigenvalue weighted by Gasteiger charge is 2.40. The van der Waals surface area contributed by atoms with Gasteiger partial charge in [-0.2, -0.15) is 0 Å². The van der Waals surface area contributed by atoms with Gasteiger partial charge in [0.2, 0.25) is 0 Å². The average Bonchev–Trinajstić information content (AvgIpc) is 4.27. The molecule has 32 N–H and O–H groups in total. The molecule has 464 valence electrons. The van der Waals surface area contributed by atoms with Crippen LogP contribution in [0.5, 0.6) is 0 Å². The number of aliphatic hydroxyl groups is 8. The topological polar surface area (TPSA) is 668 Å². The minimum atomic E-state index is -0.855. The van der Waals surface area contributed by atoms with Crippen molar-refractivity contribution >= 4 is 47.8 Å². The number of carboxylic acids is 8. The van der Waals surface area contributed by atoms with Crippen molar-refractivity contribution in [3.63, 3.8) is 0 Å². The van der Waals surface area contributed by atoms with Crippen LogP contribution in [0.25, 0.3) is 0 Å². The maximum absolute atomic E-state index is 10.3. The average molecular weight is 1160 g/mol. The van der Waals surface area contributed by atoms with Gasteiger partial charge in [-0.3, -0.25) is 38.4 Å². The molecule has 0 radical (unpaired) electrons. The normalized spacial score (nSPS) is 40.0. The van der Waals surface area contributed by atoms with Crippen LogP contribution in [-0.4, -0.2) is 227 Å². The molecule has 0 aromatic carbocycles. The molecular weight excluding hydrogens is 1070 g/mol. The molecule has 24 atom stereocenters. The number of aliphatic carboxylic acids is 8. The van der Waals surface area contributed by atoms with Crippen molar-refractivity contribution in [2.75, 3.05) is 0 Å². The molecule has 8 fully saturated rings. The maximum atomic E-state index is 10.3. The highest BCUT2D eigenvalue weighted by molar-refractivity contribution is 5.73. The number of aliphatic hydroxyl groups excluding tert-OH is 8. The van der Waals surface area contributed by atoms with Crippen LogP contribution >= 0.6 is 0 Å². The molecule has 8 aliphatic rings. The first-order chi connectivity index (χ1) is 36.9. The van der Waals surface area contributed by atoms with Gasteiger partial charge in [0.25, 0.3) is 0 Å². The van der Waals surface area contributed by atoms with Crippen molar-refractivity contribution in [1.82, 2.24) is 0 Å². The quantitative estimate of drug-likeness (QED) is 0.107. The Morgan fingerprint density at radius 2 is 0.263 bits per heavy atom. The van der Waals surface area contributed by atoms with Crippen molar-refractivity contribution in [2.24, 2.45) is 93.2 Å². The van der Waals surface area contributed by atoms with E-state index < -0.39 is 144 Å². The molecule has 8 saturated carbocycles. The Morgan fingerprint density at radius 3 is 0.287 bits per heavy atom. The van der Waals surface area contributed by atoms with Gasteiger partial charge in [-0.25, -0.2) is 0 Å². The molecule has 32 nitrogen and oxygen atoms in total. The Morgan fingerprint density at radius 1 is 0.188 bits per heavy atom. The van der Waals surface area contributed by atoms with Crippen molar-refractivity contribution in [3.8, 4) is 0 Å². The number of hydrogen-bond acceptors (Lipinski definition) is 24. The summed E-state index contributed by atoms with van der Waals surface area (Å²) in [6.45, 7) is 0. The molecule has 80 heavy (non-hydrogen) atoms. The van der Waals surface area contributed by atoms with Gasteiger partial charge >= 0.3 is 47.8 Å². The predicted octanol–water partition coefficient (Wildman–Crippen LogP) is -6.65. The SMILES string of the molecule is NC1CC(C(=O)O)CC1O.NC1CC(C(=O)O)C[C@@H]1O.NC1C[C@H](C(=O)O)CC1O.NC1C[C@H](C(=O)O)C[C@@H]1O.N[C@@H]1CC(C(=O)O)CC1O.N[C@@H]1CC(C(=O)O)C[C@@H]1O.N[C@@H]1C[C@H](C(=O)O)CC1O.N[C@@H]1C[C@H](C(=O)O)C[C@@H]1O. The van der Waals surface area contributed by atoms with Crippen molar-refractivity contribution in [3.05, 3.63) is 0 Å². The van der Waals surface area contributed by atoms with E-state index in [2.05, 4.69) is 0 Å². The van der Waals surface area contributed by atoms with E-state index >= 15 is 0 Å². The lowest BCUT2D eigenvalue weighted by molar-refractivity contribution is -0.142. The first kappa shape index (κ1) is 73.1. The summed E-state index contributed by atoms with van der Waals surface area (Å²) in [5, 5.41) is 140. The fraction of sp³-hybridized carbons (Fsp3) is 0.833. The van der Waals surface area contributed by atoms with Gasteiger partial charge in [0.1, 0.15) is 0 Å². The third-order valence-electron chi connectivity index (χ3n) is 15.4. The number of hydrogen-bond donors (Lipinski definition) is 24. The highest BCUT2D eigenvalue weighted by atomic mass is 16.4. The summed E-state index contributed by atoms with van der Waals surface area (Å²) in [5.74, 6) is -10.4. The summed E-state index contributed by atoms with van der Waals surface area (Å²) in [6, 6.07) is -2.77. The van der Waals surface area contributed by atoms with E-state index in [1.165, 1.54) is 0 Å². The molecular formula is C48H88N8O24. The van der Waals surface area contributed by atoms with E-state index in [9.17, 15) is 38.4 Å². The van der Waals surface area contributed by atoms with Crippen molar-refractivity contribution in [2.45, 2.75) is 200 Å². The van der Waals surface area contributed by atoms with Crippen LogP contribution in [0, 0.1) is 47.3 Å². The zero-order chi connectivity index (χ0) is 61.8. The second kappa shape index (κ2) is 34.5. The molecule has 8 aliphatic carbocycles. The molecule has 0 amide bonds. The van der Waals surface area contributed by atoms with Gasteiger partial charge in [0.05, 0.1) is 96.2 Å². The fourth-order valence-electron chi connectivity index (χ4n) is 10.00. The van der Waals surface area contributed by atoms with Gasteiger partial charge in [0, 0.05) is 48.3 Å². The standard InChI is InChI=1S/8C6H11NO3/c8*7-4-1-3(6(9)10)2-5(4)8/h8*3-5,8H,1-2,7H2,(H,9,10)/t3?,4?,5-;3?,4-,5?;3?,4-,5+;3-,4?,5?;3-,4?,5-;3-,4+,5?;3-,4+,5-;/m0110000./s1. The minimum absolute atomic E-state index is 0.302. The molecule has 8 rings (SSSR count). The van der Waals surface area contributed by atoms with Crippen LogP contribution in [0.2, 0.25) is 0 Å². The summed E-state index contributed by atoms with van der Waals surface area (Å²) < 4.78 is 0. The van der Waals surface area contributed by atoms with Gasteiger partial charge in [0.15, 0.2) is 0 Å². The molecule has 0 aromatic rings. The second-order valence-electron chi connectivity index (χ2n) is 21.9. The van der Waals surface area contributed by atoms with Gasteiger partial charge in [-0.05, 0) is 103 Å². The molecule has 0 aliphatic heterocycles. The molecule has 0 heterocycles. The van der Waals surface area contributed by atoms with Crippen LogP contribution in [0.4, 0.5) is 0 Å². The van der Waals surface area contributed by atoms with E-state index in [1.807, 2.05) is 0 Å². The molecule has 0 bridgehead atoms. The van der Waals surface area contributed by atoms with E-state index in [0.717, 1.165) is 0 Å². The minimum Gasteiger partial charge on any atom is -0.481 e. The Labute approximate surface area is 460 Å². The van der Waals surface area contributed by atoms with E-state index in [-0.39, 0.29) is 48.3 Å². The van der Waals surface area contributed by atoms with Crippen molar-refractivity contribution < 1.29 is 120 Å². The van der Waals surface area contributed by atoms with E-state index in [4.69, 9.17) is 128 Å². The molecule has 12 unspecified atom stereocenters. The van der Waals surface area contributed by atoms with Crippen LogP contribution in [-0.2, 0) is 38.4 Å². The predicted molar refractivity (Wildman–Crippen MR) is 275 cm³/mol. The molecule has 0 aromatic heterocycles. The van der Waals surface area contributed by atoms with Crippen molar-refractivity contribution in [1.29, 1.82) is 0 Å². The second-order valence-corrected chi connectivity index (χ2v) is 21.9. The Hall–Kier alpha value is -4.88. The van der Waals surface area contributed by atoms with Crippen LogP contribution < -0.4 is 45.9 Å². The van der Waals surface area contributed by atoms with Gasteiger partial charge in [-0.1, -0.05) is 0 Å². The lowest BCUT2D eigenvalue weighted by atomic mass is 10.1. The summed E-state index contributed by atoms with van der Waals surface area (Å²) >= 11 is 0. The number of nitrogens with two attached hydrogens (primary N) is 8. The lowest BCUT2D eigenvalue weighted by Crippen LogP contribution is -2.28. The zero-order valence-corrected chi connectivity index (χ0v) is 44.2. The van der Waals surface area contributed by atoms with E-state index in [1.54, 1.807) is 0 Å². The first-order valence-electron chi connectivity index (χ1n) is 26.2. The fourth-order valence-corrected chi connectivity index (χ4v) is 10.00. The Kier molecular flexibility index (Phi) is 31.6.